The first kappa shape index (κ1) is 12.3. The van der Waals surface area contributed by atoms with Crippen molar-refractivity contribution >= 4 is 32.5 Å². The van der Waals surface area contributed by atoms with Crippen LogP contribution in [0.15, 0.2) is 54.7 Å². The molecule has 0 N–H and O–H groups in total. The van der Waals surface area contributed by atoms with Gasteiger partial charge in [-0.2, -0.15) is 0 Å². The highest BCUT2D eigenvalue weighted by Crippen LogP contribution is 2.32. The van der Waals surface area contributed by atoms with Crippen molar-refractivity contribution in [2.45, 2.75) is 0 Å². The van der Waals surface area contributed by atoms with Crippen LogP contribution < -0.4 is 4.74 Å². The molecule has 0 aliphatic heterocycles. The molecule has 0 bridgehead atoms. The molecule has 2 heterocycles. The van der Waals surface area contributed by atoms with Gasteiger partial charge in [0.15, 0.2) is 0 Å². The number of hydrogen-bond acceptors (Lipinski definition) is 4. The van der Waals surface area contributed by atoms with Crippen LogP contribution in [-0.4, -0.2) is 17.1 Å². The molecule has 0 fully saturated rings. The summed E-state index contributed by atoms with van der Waals surface area (Å²) in [7, 11) is 1.67. The van der Waals surface area contributed by atoms with Crippen LogP contribution in [0.3, 0.4) is 0 Å². The number of fused-ring (bicyclic) bond motifs is 2. The number of hydrogen-bond donors (Lipinski definition) is 0. The Bertz CT molecular complexity index is 946. The van der Waals surface area contributed by atoms with Gasteiger partial charge in [-0.1, -0.05) is 18.2 Å². The number of aromatic nitrogens is 2. The Morgan fingerprint density at radius 2 is 1.90 bits per heavy atom. The average molecular weight is 292 g/mol. The highest BCUT2D eigenvalue weighted by atomic mass is 32.1. The highest BCUT2D eigenvalue weighted by molar-refractivity contribution is 7.21. The Balaban J connectivity index is 1.87. The van der Waals surface area contributed by atoms with Gasteiger partial charge in [0.05, 0.1) is 22.8 Å². The Hall–Kier alpha value is -2.46. The molecule has 0 saturated heterocycles. The lowest BCUT2D eigenvalue weighted by molar-refractivity contribution is 0.415. The maximum Gasteiger partial charge on any atom is 0.126 e. The van der Waals surface area contributed by atoms with Crippen molar-refractivity contribution in [2.75, 3.05) is 7.11 Å². The van der Waals surface area contributed by atoms with Gasteiger partial charge >= 0.3 is 0 Å². The third kappa shape index (κ3) is 2.14. The van der Waals surface area contributed by atoms with Crippen molar-refractivity contribution in [2.24, 2.45) is 0 Å². The number of para-hydroxylation sites is 1. The molecule has 102 valence electrons. The summed E-state index contributed by atoms with van der Waals surface area (Å²) in [5.74, 6) is 0.830. The van der Waals surface area contributed by atoms with Gasteiger partial charge in [-0.15, -0.1) is 11.3 Å². The number of pyridine rings is 1. The van der Waals surface area contributed by atoms with Crippen LogP contribution in [0.2, 0.25) is 0 Å². The maximum absolute atomic E-state index is 5.25. The van der Waals surface area contributed by atoms with Gasteiger partial charge in [0.2, 0.25) is 0 Å². The Morgan fingerprint density at radius 1 is 1.00 bits per heavy atom. The topological polar surface area (TPSA) is 35.0 Å². The monoisotopic (exact) mass is 292 g/mol. The van der Waals surface area contributed by atoms with Crippen LogP contribution >= 0.6 is 11.3 Å². The predicted molar refractivity (Wildman–Crippen MR) is 86.9 cm³/mol. The summed E-state index contributed by atoms with van der Waals surface area (Å²) in [5.41, 5.74) is 3.01. The zero-order chi connectivity index (χ0) is 14.2. The second-order valence-corrected chi connectivity index (χ2v) is 5.80. The number of ether oxygens (including phenoxy) is 1. The molecule has 0 atom stereocenters. The molecular formula is C17H12N2OS. The van der Waals surface area contributed by atoms with Crippen LogP contribution in [0.25, 0.3) is 31.7 Å². The lowest BCUT2D eigenvalue weighted by Gasteiger charge is -1.99. The van der Waals surface area contributed by atoms with Crippen LogP contribution in [-0.2, 0) is 0 Å². The second kappa shape index (κ2) is 4.82. The van der Waals surface area contributed by atoms with Crippen LogP contribution in [0.1, 0.15) is 0 Å². The highest BCUT2D eigenvalue weighted by Gasteiger charge is 2.08. The molecule has 0 unspecified atom stereocenters. The largest absolute Gasteiger partial charge is 0.497 e. The normalized spacial score (nSPS) is 11.1. The van der Waals surface area contributed by atoms with Gasteiger partial charge in [0.1, 0.15) is 10.8 Å². The summed E-state index contributed by atoms with van der Waals surface area (Å²) in [5, 5.41) is 2.11. The fourth-order valence-corrected chi connectivity index (χ4v) is 3.27. The van der Waals surface area contributed by atoms with E-state index in [1.54, 1.807) is 18.4 Å². The fourth-order valence-electron chi connectivity index (χ4n) is 2.35. The molecule has 4 heteroatoms. The van der Waals surface area contributed by atoms with Gasteiger partial charge in [-0.05, 0) is 24.3 Å². The molecular weight excluding hydrogens is 280 g/mol. The molecule has 0 spiro atoms. The van der Waals surface area contributed by atoms with Crippen molar-refractivity contribution in [1.82, 2.24) is 9.97 Å². The summed E-state index contributed by atoms with van der Waals surface area (Å²) >= 11 is 1.67. The van der Waals surface area contributed by atoms with E-state index >= 15 is 0 Å². The van der Waals surface area contributed by atoms with Crippen molar-refractivity contribution in [3.05, 3.63) is 54.7 Å². The molecule has 4 rings (SSSR count). The number of methoxy groups -OCH3 is 1. The van der Waals surface area contributed by atoms with E-state index in [0.717, 1.165) is 37.4 Å². The van der Waals surface area contributed by atoms with E-state index < -0.39 is 0 Å². The zero-order valence-corrected chi connectivity index (χ0v) is 12.2. The molecule has 2 aromatic heterocycles. The maximum atomic E-state index is 5.25. The Labute approximate surface area is 125 Å². The lowest BCUT2D eigenvalue weighted by Crippen LogP contribution is -1.82. The number of nitrogens with zero attached hydrogens (tertiary/aromatic N) is 2. The molecule has 2 aromatic carbocycles. The third-order valence-electron chi connectivity index (χ3n) is 3.43. The molecule has 21 heavy (non-hydrogen) atoms. The van der Waals surface area contributed by atoms with Crippen molar-refractivity contribution < 1.29 is 4.74 Å². The minimum atomic E-state index is 0.830. The summed E-state index contributed by atoms with van der Waals surface area (Å²) in [6.07, 6.45) is 1.89. The van der Waals surface area contributed by atoms with E-state index in [4.69, 9.17) is 9.72 Å². The molecule has 4 aromatic rings. The summed E-state index contributed by atoms with van der Waals surface area (Å²) in [6, 6.07) is 16.2. The first-order chi connectivity index (χ1) is 10.3. The summed E-state index contributed by atoms with van der Waals surface area (Å²) in [6.45, 7) is 0. The van der Waals surface area contributed by atoms with Crippen LogP contribution in [0.5, 0.6) is 5.75 Å². The average Bonchev–Trinajstić information content (AvgIpc) is 2.97. The second-order valence-electron chi connectivity index (χ2n) is 4.77. The van der Waals surface area contributed by atoms with Gasteiger partial charge < -0.3 is 4.74 Å². The molecule has 0 saturated carbocycles. The predicted octanol–water partition coefficient (Wildman–Crippen LogP) is 4.52. The minimum absolute atomic E-state index is 0.830. The van der Waals surface area contributed by atoms with Gasteiger partial charge in [-0.3, -0.25) is 4.98 Å². The third-order valence-corrected chi connectivity index (χ3v) is 4.52. The van der Waals surface area contributed by atoms with Gasteiger partial charge in [0, 0.05) is 23.2 Å². The summed E-state index contributed by atoms with van der Waals surface area (Å²) < 4.78 is 6.40. The van der Waals surface area contributed by atoms with Gasteiger partial charge in [0.25, 0.3) is 0 Å². The van der Waals surface area contributed by atoms with E-state index in [0.29, 0.717) is 0 Å². The SMILES string of the molecule is COc1ccc2sc(-c3cnc4ccccc4c3)nc2c1. The smallest absolute Gasteiger partial charge is 0.126 e. The van der Waals surface area contributed by atoms with Crippen molar-refractivity contribution in [1.29, 1.82) is 0 Å². The zero-order valence-electron chi connectivity index (χ0n) is 11.4. The number of benzene rings is 2. The molecule has 0 aliphatic rings. The molecule has 0 aliphatic carbocycles. The lowest BCUT2D eigenvalue weighted by atomic mass is 10.2. The van der Waals surface area contributed by atoms with Gasteiger partial charge in [-0.25, -0.2) is 4.98 Å². The first-order valence-corrected chi connectivity index (χ1v) is 7.45. The quantitative estimate of drug-likeness (QED) is 0.545. The van der Waals surface area contributed by atoms with Crippen molar-refractivity contribution in [3.8, 4) is 16.3 Å². The molecule has 3 nitrogen and oxygen atoms in total. The van der Waals surface area contributed by atoms with E-state index in [2.05, 4.69) is 17.1 Å². The fraction of sp³-hybridized carbons (Fsp3) is 0.0588. The van der Waals surface area contributed by atoms with Crippen LogP contribution in [0, 0.1) is 0 Å². The van der Waals surface area contributed by atoms with Crippen molar-refractivity contribution in [3.63, 3.8) is 0 Å². The minimum Gasteiger partial charge on any atom is -0.497 e. The van der Waals surface area contributed by atoms with E-state index in [1.807, 2.05) is 42.6 Å². The number of rotatable bonds is 2. The molecule has 0 radical (unpaired) electrons. The number of thiazole rings is 1. The van der Waals surface area contributed by atoms with E-state index in [1.165, 1.54) is 0 Å². The first-order valence-electron chi connectivity index (χ1n) is 6.63. The standard InChI is InChI=1S/C17H12N2OS/c1-20-13-6-7-16-15(9-13)19-17(21-16)12-8-11-4-2-3-5-14(11)18-10-12/h2-10H,1H3. The van der Waals surface area contributed by atoms with E-state index in [9.17, 15) is 0 Å². The summed E-state index contributed by atoms with van der Waals surface area (Å²) in [4.78, 5) is 9.20. The Kier molecular flexibility index (Phi) is 2.82. The van der Waals surface area contributed by atoms with Crippen LogP contribution in [0.4, 0.5) is 0 Å². The Morgan fingerprint density at radius 3 is 2.81 bits per heavy atom. The van der Waals surface area contributed by atoms with E-state index in [-0.39, 0.29) is 0 Å². The molecule has 0 amide bonds.